The van der Waals surface area contributed by atoms with E-state index in [1.165, 1.54) is 134 Å². The number of nitrogens with zero attached hydrogens (tertiary/aromatic N) is 2. The number of benzene rings is 5. The monoisotopic (exact) mass is 852 g/mol. The Balaban J connectivity index is 1.09. The molecular formula is C50H32N2S6. The van der Waals surface area contributed by atoms with E-state index in [0.717, 1.165) is 0 Å². The number of hydrogen-bond donors (Lipinski definition) is 0. The third kappa shape index (κ3) is 4.79. The molecule has 0 saturated carbocycles. The van der Waals surface area contributed by atoms with E-state index in [0.29, 0.717) is 0 Å². The minimum atomic E-state index is 1.22. The Morgan fingerprint density at radius 1 is 0.310 bits per heavy atom. The van der Waals surface area contributed by atoms with Gasteiger partial charge < -0.3 is 9.13 Å². The second-order valence-corrected chi connectivity index (χ2v) is 22.0. The van der Waals surface area contributed by atoms with Crippen molar-refractivity contribution in [2.75, 3.05) is 0 Å². The molecule has 0 radical (unpaired) electrons. The fourth-order valence-corrected chi connectivity index (χ4v) is 16.6. The van der Waals surface area contributed by atoms with Gasteiger partial charge in [-0.1, -0.05) is 95.1 Å². The van der Waals surface area contributed by atoms with Crippen molar-refractivity contribution in [2.45, 2.75) is 27.7 Å². The van der Waals surface area contributed by atoms with Gasteiger partial charge in [0.05, 0.1) is 50.3 Å². The molecule has 0 fully saturated rings. The molecule has 58 heavy (non-hydrogen) atoms. The molecule has 0 aliphatic carbocycles. The summed E-state index contributed by atoms with van der Waals surface area (Å²) >= 11 is 11.7. The van der Waals surface area contributed by atoms with Crippen LogP contribution in [0, 0.1) is 27.7 Å². The van der Waals surface area contributed by atoms with Crippen LogP contribution in [-0.4, -0.2) is 9.13 Å². The van der Waals surface area contributed by atoms with Gasteiger partial charge in [-0.3, -0.25) is 0 Å². The van der Waals surface area contributed by atoms with E-state index in [1.807, 2.05) is 68.0 Å². The molecule has 0 amide bonds. The van der Waals surface area contributed by atoms with Gasteiger partial charge in [-0.2, -0.15) is 0 Å². The number of thiophene rings is 6. The first kappa shape index (κ1) is 33.9. The molecule has 13 rings (SSSR count). The summed E-state index contributed by atoms with van der Waals surface area (Å²) in [6, 6.07) is 46.1. The summed E-state index contributed by atoms with van der Waals surface area (Å²) in [6.07, 6.45) is 0. The third-order valence-electron chi connectivity index (χ3n) is 11.7. The number of aryl methyl sites for hydroxylation is 4. The summed E-state index contributed by atoms with van der Waals surface area (Å²) in [7, 11) is 0. The Kier molecular flexibility index (Phi) is 7.15. The number of hydrogen-bond acceptors (Lipinski definition) is 6. The van der Waals surface area contributed by atoms with Gasteiger partial charge in [0.25, 0.3) is 0 Å². The van der Waals surface area contributed by atoms with Crippen molar-refractivity contribution in [2.24, 2.45) is 0 Å². The Labute approximate surface area is 357 Å². The van der Waals surface area contributed by atoms with Crippen molar-refractivity contribution < 1.29 is 0 Å². The zero-order valence-electron chi connectivity index (χ0n) is 31.9. The van der Waals surface area contributed by atoms with Crippen molar-refractivity contribution in [3.05, 3.63) is 144 Å². The molecule has 0 spiro atoms. The molecule has 0 unspecified atom stereocenters. The fraction of sp³-hybridized carbons (Fsp3) is 0.0800. The van der Waals surface area contributed by atoms with Crippen LogP contribution in [0.5, 0.6) is 0 Å². The molecule has 2 nitrogen and oxygen atoms in total. The molecule has 0 saturated heterocycles. The predicted octanol–water partition coefficient (Wildman–Crippen LogP) is 17.4. The zero-order valence-corrected chi connectivity index (χ0v) is 36.8. The van der Waals surface area contributed by atoms with Crippen LogP contribution in [0.3, 0.4) is 0 Å². The molecule has 0 atom stereocenters. The van der Waals surface area contributed by atoms with Crippen molar-refractivity contribution in [1.29, 1.82) is 0 Å². The largest absolute Gasteiger partial charge is 0.305 e. The van der Waals surface area contributed by atoms with Gasteiger partial charge >= 0.3 is 0 Å². The van der Waals surface area contributed by atoms with E-state index >= 15 is 0 Å². The summed E-state index contributed by atoms with van der Waals surface area (Å²) in [4.78, 5) is 2.67. The zero-order chi connectivity index (χ0) is 38.6. The third-order valence-corrected chi connectivity index (χ3v) is 19.2. The smallest absolute Gasteiger partial charge is 0.0837 e. The lowest BCUT2D eigenvalue weighted by atomic mass is 10.1. The maximum atomic E-state index is 2.58. The molecule has 0 bridgehead atoms. The summed E-state index contributed by atoms with van der Waals surface area (Å²) in [5.41, 5.74) is 15.5. The minimum Gasteiger partial charge on any atom is -0.305 e. The average Bonchev–Trinajstić information content (AvgIpc) is 4.09. The topological polar surface area (TPSA) is 9.86 Å². The first-order valence-corrected chi connectivity index (χ1v) is 24.3. The van der Waals surface area contributed by atoms with E-state index < -0.39 is 0 Å². The molecule has 5 aromatic carbocycles. The van der Waals surface area contributed by atoms with Crippen LogP contribution in [-0.2, 0) is 0 Å². The average molecular weight is 853 g/mol. The van der Waals surface area contributed by atoms with Crippen LogP contribution in [0.15, 0.2) is 121 Å². The van der Waals surface area contributed by atoms with Crippen molar-refractivity contribution in [3.8, 4) is 32.3 Å². The lowest BCUT2D eigenvalue weighted by molar-refractivity contribution is 1.19. The minimum absolute atomic E-state index is 1.22. The van der Waals surface area contributed by atoms with Crippen LogP contribution in [0.1, 0.15) is 22.3 Å². The molecule has 278 valence electrons. The molecule has 0 aliphatic heterocycles. The van der Waals surface area contributed by atoms with Crippen LogP contribution < -0.4 is 0 Å². The number of aromatic nitrogens is 2. The second-order valence-electron chi connectivity index (χ2n) is 15.6. The quantitative estimate of drug-likeness (QED) is 0.167. The molecule has 8 heteroatoms. The lowest BCUT2D eigenvalue weighted by Crippen LogP contribution is -1.93. The first-order valence-electron chi connectivity index (χ1n) is 19.4. The standard InChI is InChI=1S/C50H32N2S6/c1-25-5-13-29(14-6-25)35-23-39-45(53-35)43-49(57-39)47-41(51(43)31-17-9-27(3)10-18-31)33-21-38-34(22-37(33)55-47)42-48(56-38)50-44(52(42)32-19-11-28(4)12-20-32)46-40(58-50)24-36(54-46)30-15-7-26(2)8-16-30/h5-24H,1-4H3. The van der Waals surface area contributed by atoms with E-state index in [2.05, 4.69) is 158 Å². The highest BCUT2D eigenvalue weighted by Crippen LogP contribution is 2.55. The highest BCUT2D eigenvalue weighted by atomic mass is 32.1. The van der Waals surface area contributed by atoms with Gasteiger partial charge in [-0.25, -0.2) is 0 Å². The molecule has 8 heterocycles. The van der Waals surface area contributed by atoms with Gasteiger partial charge in [-0.05, 0) is 87.4 Å². The lowest BCUT2D eigenvalue weighted by Gasteiger charge is -2.09. The number of rotatable bonds is 4. The van der Waals surface area contributed by atoms with Crippen LogP contribution in [0.2, 0.25) is 0 Å². The Hall–Kier alpha value is -5.06. The fourth-order valence-electron chi connectivity index (χ4n) is 8.73. The Morgan fingerprint density at radius 2 is 0.638 bits per heavy atom. The van der Waals surface area contributed by atoms with Gasteiger partial charge in [-0.15, -0.1) is 68.0 Å². The van der Waals surface area contributed by atoms with E-state index in [1.54, 1.807) is 0 Å². The highest BCUT2D eigenvalue weighted by Gasteiger charge is 2.27. The van der Waals surface area contributed by atoms with Crippen LogP contribution >= 0.6 is 68.0 Å². The first-order chi connectivity index (χ1) is 28.3. The maximum Gasteiger partial charge on any atom is 0.0837 e. The van der Waals surface area contributed by atoms with Gasteiger partial charge in [0.2, 0.25) is 0 Å². The second kappa shape index (κ2) is 12.2. The summed E-state index contributed by atoms with van der Waals surface area (Å²) in [5.74, 6) is 0. The predicted molar refractivity (Wildman–Crippen MR) is 262 cm³/mol. The summed E-state index contributed by atoms with van der Waals surface area (Å²) < 4.78 is 18.9. The maximum absolute atomic E-state index is 2.58. The molecule has 13 aromatic rings. The molecule has 8 aromatic heterocycles. The van der Waals surface area contributed by atoms with Gasteiger partial charge in [0.1, 0.15) is 0 Å². The SMILES string of the molecule is Cc1ccc(-c2cc3sc4c5sc6cc7c(cc6c5n(-c5ccc(C)cc5)c4c3s2)sc2c3sc4cc(-c5ccc(C)cc5)sc4c3n(-c3ccc(C)cc3)c72)cc1. The van der Waals surface area contributed by atoms with E-state index in [4.69, 9.17) is 0 Å². The molecule has 0 N–H and O–H groups in total. The van der Waals surface area contributed by atoms with Gasteiger partial charge in [0, 0.05) is 50.7 Å². The summed E-state index contributed by atoms with van der Waals surface area (Å²) in [5, 5.41) is 2.69. The normalized spacial score (nSPS) is 12.5. The highest BCUT2D eigenvalue weighted by molar-refractivity contribution is 7.38. The Morgan fingerprint density at radius 3 is 1.02 bits per heavy atom. The summed E-state index contributed by atoms with van der Waals surface area (Å²) in [6.45, 7) is 8.68. The van der Waals surface area contributed by atoms with E-state index in [9.17, 15) is 0 Å². The van der Waals surface area contributed by atoms with Crippen molar-refractivity contribution >= 4 is 148 Å². The number of fused-ring (bicyclic) bond motifs is 14. The van der Waals surface area contributed by atoms with Crippen LogP contribution in [0.4, 0.5) is 0 Å². The van der Waals surface area contributed by atoms with E-state index in [-0.39, 0.29) is 0 Å². The van der Waals surface area contributed by atoms with Crippen LogP contribution in [0.25, 0.3) is 112 Å². The van der Waals surface area contributed by atoms with Crippen molar-refractivity contribution in [1.82, 2.24) is 9.13 Å². The Bertz CT molecular complexity index is 3540. The molecule has 0 aliphatic rings. The van der Waals surface area contributed by atoms with Gasteiger partial charge in [0.15, 0.2) is 0 Å². The molecular weight excluding hydrogens is 821 g/mol. The van der Waals surface area contributed by atoms with Crippen molar-refractivity contribution in [3.63, 3.8) is 0 Å².